The first-order valence-corrected chi connectivity index (χ1v) is 11.1. The van der Waals surface area contributed by atoms with Crippen LogP contribution in [0.15, 0.2) is 24.4 Å². The number of hydrogen-bond acceptors (Lipinski definition) is 7. The highest BCUT2D eigenvalue weighted by Crippen LogP contribution is 2.35. The van der Waals surface area contributed by atoms with E-state index in [2.05, 4.69) is 43.7 Å². The Morgan fingerprint density at radius 2 is 2.09 bits per heavy atom. The maximum Gasteiger partial charge on any atom is 0.327 e. The number of aryl methyl sites for hydroxylation is 1. The second-order valence-corrected chi connectivity index (χ2v) is 8.22. The first kappa shape index (κ1) is 20.5. The molecule has 1 fully saturated rings. The lowest BCUT2D eigenvalue weighted by Crippen LogP contribution is -2.49. The Bertz CT molecular complexity index is 1160. The van der Waals surface area contributed by atoms with E-state index in [1.54, 1.807) is 30.3 Å². The molecule has 2 amide bonds. The smallest absolute Gasteiger partial charge is 0.327 e. The summed E-state index contributed by atoms with van der Waals surface area (Å²) in [5, 5.41) is 15.2. The molecule has 10 nitrogen and oxygen atoms in total. The summed E-state index contributed by atoms with van der Waals surface area (Å²) in [6.07, 6.45) is 2.58. The van der Waals surface area contributed by atoms with Gasteiger partial charge in [-0.05, 0) is 32.4 Å². The minimum atomic E-state index is -0.230. The predicted octanol–water partition coefficient (Wildman–Crippen LogP) is 2.15. The number of anilines is 3. The van der Waals surface area contributed by atoms with E-state index in [9.17, 15) is 4.79 Å². The van der Waals surface area contributed by atoms with Crippen LogP contribution in [0.4, 0.5) is 22.0 Å². The highest BCUT2D eigenvalue weighted by molar-refractivity contribution is 6.04. The Hall–Kier alpha value is -3.40. The van der Waals surface area contributed by atoms with Gasteiger partial charge in [0.1, 0.15) is 22.6 Å². The van der Waals surface area contributed by atoms with Gasteiger partial charge in [-0.2, -0.15) is 15.0 Å². The Labute approximate surface area is 186 Å². The van der Waals surface area contributed by atoms with Gasteiger partial charge in [-0.1, -0.05) is 0 Å². The number of amides is 2. The second kappa shape index (κ2) is 8.27. The van der Waals surface area contributed by atoms with Crippen molar-refractivity contribution in [3.05, 3.63) is 30.0 Å². The van der Waals surface area contributed by atoms with Crippen LogP contribution in [0.2, 0.25) is 0 Å². The van der Waals surface area contributed by atoms with E-state index in [1.807, 2.05) is 6.92 Å². The monoisotopic (exact) mass is 436 g/mol. The summed E-state index contributed by atoms with van der Waals surface area (Å²) in [5.41, 5.74) is 4.30. The van der Waals surface area contributed by atoms with Gasteiger partial charge in [0, 0.05) is 62.8 Å². The summed E-state index contributed by atoms with van der Waals surface area (Å²) < 4.78 is 5.76. The van der Waals surface area contributed by atoms with Crippen molar-refractivity contribution in [2.45, 2.75) is 26.3 Å². The van der Waals surface area contributed by atoms with Crippen LogP contribution in [-0.2, 0) is 13.5 Å². The number of carbonyl (C=O) groups is 1. The van der Waals surface area contributed by atoms with E-state index in [0.29, 0.717) is 36.1 Å². The molecule has 2 aromatic heterocycles. The van der Waals surface area contributed by atoms with Gasteiger partial charge in [-0.3, -0.25) is 4.90 Å². The summed E-state index contributed by atoms with van der Waals surface area (Å²) in [6.45, 7) is 8.01. The van der Waals surface area contributed by atoms with Crippen molar-refractivity contribution in [1.29, 1.82) is 0 Å². The zero-order valence-corrected chi connectivity index (χ0v) is 18.6. The molecule has 1 aromatic carbocycles. The van der Waals surface area contributed by atoms with Crippen LogP contribution in [0.25, 0.3) is 11.0 Å². The highest BCUT2D eigenvalue weighted by atomic mass is 16.5. The zero-order chi connectivity index (χ0) is 22.2. The molecule has 10 heteroatoms. The first-order chi connectivity index (χ1) is 15.5. The molecular weight excluding hydrogens is 408 g/mol. The van der Waals surface area contributed by atoms with Gasteiger partial charge in [0.05, 0.1) is 12.3 Å². The van der Waals surface area contributed by atoms with Gasteiger partial charge < -0.3 is 20.3 Å². The molecule has 168 valence electrons. The standard InChI is InChI=1S/C22H28N8O2/c1-4-32-20-12-17-16(26-28(3)27-17)11-18(20)25-22(31)30-9-6-15-19(5-7-24-21(15)30)29-10-8-23-14(2)13-29/h5,7,11-12,14,23H,4,6,8-10,13H2,1-3H3,(H,25,31)/t14-/m1/s1. The zero-order valence-electron chi connectivity index (χ0n) is 18.6. The molecule has 2 aliphatic rings. The molecule has 0 saturated carbocycles. The number of urea groups is 1. The maximum absolute atomic E-state index is 13.3. The number of fused-ring (bicyclic) bond motifs is 2. The SMILES string of the molecule is CCOc1cc2nn(C)nc2cc1NC(=O)N1CCc2c(N3CCN[C@H](C)C3)ccnc21. The molecule has 0 bridgehead atoms. The molecule has 0 radical (unpaired) electrons. The lowest BCUT2D eigenvalue weighted by atomic mass is 10.1. The van der Waals surface area contributed by atoms with E-state index < -0.39 is 0 Å². The van der Waals surface area contributed by atoms with Gasteiger partial charge in [0.2, 0.25) is 0 Å². The number of aromatic nitrogens is 4. The fourth-order valence-corrected chi connectivity index (χ4v) is 4.53. The molecule has 0 unspecified atom stereocenters. The summed E-state index contributed by atoms with van der Waals surface area (Å²) in [4.78, 5) is 23.4. The third-order valence-corrected chi connectivity index (χ3v) is 5.93. The van der Waals surface area contributed by atoms with E-state index >= 15 is 0 Å². The molecule has 1 atom stereocenters. The van der Waals surface area contributed by atoms with Crippen LogP contribution in [-0.4, -0.2) is 64.8 Å². The van der Waals surface area contributed by atoms with Gasteiger partial charge in [-0.25, -0.2) is 9.78 Å². The van der Waals surface area contributed by atoms with Gasteiger partial charge in [0.15, 0.2) is 0 Å². The quantitative estimate of drug-likeness (QED) is 0.646. The summed E-state index contributed by atoms with van der Waals surface area (Å²) in [6, 6.07) is 5.87. The van der Waals surface area contributed by atoms with Crippen LogP contribution in [0.1, 0.15) is 19.4 Å². The number of nitrogens with zero attached hydrogens (tertiary/aromatic N) is 6. The molecule has 32 heavy (non-hydrogen) atoms. The van der Waals surface area contributed by atoms with Crippen molar-refractivity contribution in [3.8, 4) is 5.75 Å². The van der Waals surface area contributed by atoms with Gasteiger partial charge in [-0.15, -0.1) is 0 Å². The maximum atomic E-state index is 13.3. The van der Waals surface area contributed by atoms with Crippen LogP contribution in [0, 0.1) is 0 Å². The van der Waals surface area contributed by atoms with Crippen LogP contribution >= 0.6 is 0 Å². The second-order valence-electron chi connectivity index (χ2n) is 8.22. The topological polar surface area (TPSA) is 100 Å². The largest absolute Gasteiger partial charge is 0.492 e. The lowest BCUT2D eigenvalue weighted by molar-refractivity contribution is 0.257. The fourth-order valence-electron chi connectivity index (χ4n) is 4.53. The number of ether oxygens (including phenoxy) is 1. The average Bonchev–Trinajstić information content (AvgIpc) is 3.36. The average molecular weight is 437 g/mol. The van der Waals surface area contributed by atoms with E-state index in [1.165, 1.54) is 10.5 Å². The van der Waals surface area contributed by atoms with E-state index in [0.717, 1.165) is 43.0 Å². The van der Waals surface area contributed by atoms with E-state index in [4.69, 9.17) is 4.74 Å². The Kier molecular flexibility index (Phi) is 5.30. The number of carbonyl (C=O) groups excluding carboxylic acids is 1. The Morgan fingerprint density at radius 3 is 2.88 bits per heavy atom. The third-order valence-electron chi connectivity index (χ3n) is 5.93. The molecule has 1 saturated heterocycles. The summed E-state index contributed by atoms with van der Waals surface area (Å²) in [7, 11) is 1.77. The summed E-state index contributed by atoms with van der Waals surface area (Å²) >= 11 is 0. The number of pyridine rings is 1. The number of piperazine rings is 1. The van der Waals surface area contributed by atoms with Crippen molar-refractivity contribution in [2.24, 2.45) is 7.05 Å². The molecule has 5 rings (SSSR count). The lowest BCUT2D eigenvalue weighted by Gasteiger charge is -2.34. The van der Waals surface area contributed by atoms with Crippen molar-refractivity contribution in [2.75, 3.05) is 47.9 Å². The normalized spacial score (nSPS) is 18.2. The van der Waals surface area contributed by atoms with Crippen molar-refractivity contribution in [3.63, 3.8) is 0 Å². The molecule has 4 heterocycles. The minimum absolute atomic E-state index is 0.230. The van der Waals surface area contributed by atoms with Crippen molar-refractivity contribution in [1.82, 2.24) is 25.3 Å². The van der Waals surface area contributed by atoms with Gasteiger partial charge >= 0.3 is 6.03 Å². The van der Waals surface area contributed by atoms with Crippen LogP contribution < -0.4 is 25.2 Å². The highest BCUT2D eigenvalue weighted by Gasteiger charge is 2.31. The molecule has 0 aliphatic carbocycles. The Balaban J connectivity index is 1.41. The number of rotatable bonds is 4. The minimum Gasteiger partial charge on any atom is -0.492 e. The fraction of sp³-hybridized carbons (Fsp3) is 0.455. The van der Waals surface area contributed by atoms with Gasteiger partial charge in [0.25, 0.3) is 0 Å². The van der Waals surface area contributed by atoms with Crippen molar-refractivity contribution >= 4 is 34.3 Å². The summed E-state index contributed by atoms with van der Waals surface area (Å²) in [5.74, 6) is 1.30. The predicted molar refractivity (Wildman–Crippen MR) is 124 cm³/mol. The number of hydrogen-bond donors (Lipinski definition) is 2. The van der Waals surface area contributed by atoms with Crippen LogP contribution in [0.3, 0.4) is 0 Å². The third kappa shape index (κ3) is 3.70. The van der Waals surface area contributed by atoms with E-state index in [-0.39, 0.29) is 6.03 Å². The number of benzene rings is 1. The molecular formula is C22H28N8O2. The Morgan fingerprint density at radius 1 is 1.28 bits per heavy atom. The first-order valence-electron chi connectivity index (χ1n) is 11.1. The molecule has 2 N–H and O–H groups in total. The van der Waals surface area contributed by atoms with Crippen LogP contribution in [0.5, 0.6) is 5.75 Å². The van der Waals surface area contributed by atoms with Crippen molar-refractivity contribution < 1.29 is 9.53 Å². The molecule has 2 aliphatic heterocycles. The molecule has 0 spiro atoms. The molecule has 3 aromatic rings. The number of nitrogens with one attached hydrogen (secondary N) is 2.